The number of aromatic amines is 1. The summed E-state index contributed by atoms with van der Waals surface area (Å²) in [5, 5.41) is 2.87. The molecule has 90 valence electrons. The number of nitrogens with zero attached hydrogens (tertiary/aromatic N) is 2. The smallest absolute Gasteiger partial charge is 0.272 e. The van der Waals surface area contributed by atoms with Gasteiger partial charge in [-0.15, -0.1) is 0 Å². The fourth-order valence-corrected chi connectivity index (χ4v) is 2.89. The molecule has 1 N–H and O–H groups in total. The molecule has 2 aromatic heterocycles. The van der Waals surface area contributed by atoms with Gasteiger partial charge in [0, 0.05) is 24.2 Å². The third-order valence-corrected chi connectivity index (χ3v) is 3.89. The zero-order valence-electron chi connectivity index (χ0n) is 10.0. The fourth-order valence-electron chi connectivity index (χ4n) is 2.89. The van der Waals surface area contributed by atoms with Crippen LogP contribution in [0.4, 0.5) is 0 Å². The molecule has 0 spiro atoms. The van der Waals surface area contributed by atoms with Crippen molar-refractivity contribution in [2.45, 2.75) is 38.5 Å². The molecule has 0 aliphatic heterocycles. The molecule has 4 nitrogen and oxygen atoms in total. The van der Waals surface area contributed by atoms with E-state index in [1.165, 1.54) is 23.8 Å². The van der Waals surface area contributed by atoms with E-state index < -0.39 is 0 Å². The highest BCUT2D eigenvalue weighted by Crippen LogP contribution is 2.36. The maximum Gasteiger partial charge on any atom is 0.272 e. The van der Waals surface area contributed by atoms with Crippen LogP contribution >= 0.6 is 0 Å². The molecule has 3 rings (SSSR count). The summed E-state index contributed by atoms with van der Waals surface area (Å²) >= 11 is 0. The SMILES string of the molecule is C[C@H]1CCCC[C@H]1c1cc(=O)n2[nH]ccc2n1. The first-order valence-corrected chi connectivity index (χ1v) is 6.33. The first kappa shape index (κ1) is 10.6. The summed E-state index contributed by atoms with van der Waals surface area (Å²) in [4.78, 5) is 16.5. The van der Waals surface area contributed by atoms with Crippen molar-refractivity contribution in [2.75, 3.05) is 0 Å². The average molecular weight is 231 g/mol. The van der Waals surface area contributed by atoms with Crippen LogP contribution in [-0.2, 0) is 0 Å². The van der Waals surface area contributed by atoms with Gasteiger partial charge in [0.1, 0.15) is 0 Å². The van der Waals surface area contributed by atoms with Gasteiger partial charge < -0.3 is 0 Å². The summed E-state index contributed by atoms with van der Waals surface area (Å²) < 4.78 is 1.48. The molecular weight excluding hydrogens is 214 g/mol. The van der Waals surface area contributed by atoms with Crippen LogP contribution in [-0.4, -0.2) is 14.6 Å². The van der Waals surface area contributed by atoms with Crippen molar-refractivity contribution in [1.29, 1.82) is 0 Å². The van der Waals surface area contributed by atoms with Gasteiger partial charge >= 0.3 is 0 Å². The third-order valence-electron chi connectivity index (χ3n) is 3.89. The summed E-state index contributed by atoms with van der Waals surface area (Å²) in [6, 6.07) is 3.54. The maximum atomic E-state index is 11.9. The van der Waals surface area contributed by atoms with E-state index in [1.54, 1.807) is 12.3 Å². The van der Waals surface area contributed by atoms with Gasteiger partial charge in [-0.1, -0.05) is 26.2 Å². The van der Waals surface area contributed by atoms with Gasteiger partial charge in [-0.05, 0) is 12.3 Å². The molecule has 0 radical (unpaired) electrons. The molecule has 17 heavy (non-hydrogen) atoms. The van der Waals surface area contributed by atoms with Gasteiger partial charge in [0.2, 0.25) is 0 Å². The Morgan fingerprint density at radius 3 is 3.06 bits per heavy atom. The van der Waals surface area contributed by atoms with Crippen molar-refractivity contribution >= 4 is 5.65 Å². The van der Waals surface area contributed by atoms with E-state index in [9.17, 15) is 4.79 Å². The van der Waals surface area contributed by atoms with Gasteiger partial charge in [-0.3, -0.25) is 9.89 Å². The Balaban J connectivity index is 2.07. The molecule has 2 aromatic rings. The standard InChI is InChI=1S/C13H17N3O/c1-9-4-2-3-5-10(9)11-8-13(17)16-12(15-11)6-7-14-16/h6-10,14H,2-5H2,1H3/t9-,10+/m0/s1. The van der Waals surface area contributed by atoms with Crippen LogP contribution in [0, 0.1) is 5.92 Å². The van der Waals surface area contributed by atoms with Crippen molar-refractivity contribution < 1.29 is 0 Å². The van der Waals surface area contributed by atoms with Crippen molar-refractivity contribution in [3.63, 3.8) is 0 Å². The summed E-state index contributed by atoms with van der Waals surface area (Å²) in [6.45, 7) is 2.27. The molecule has 2 heterocycles. The molecule has 0 aromatic carbocycles. The number of hydrogen-bond acceptors (Lipinski definition) is 2. The summed E-state index contributed by atoms with van der Waals surface area (Å²) in [6.07, 6.45) is 6.72. The number of H-pyrrole nitrogens is 1. The minimum absolute atomic E-state index is 0.00669. The Hall–Kier alpha value is -1.58. The maximum absolute atomic E-state index is 11.9. The number of nitrogens with one attached hydrogen (secondary N) is 1. The third kappa shape index (κ3) is 1.77. The van der Waals surface area contributed by atoms with Gasteiger partial charge in [-0.25, -0.2) is 9.50 Å². The Morgan fingerprint density at radius 1 is 1.41 bits per heavy atom. The van der Waals surface area contributed by atoms with Crippen LogP contribution in [0.3, 0.4) is 0 Å². The van der Waals surface area contributed by atoms with Gasteiger partial charge in [0.25, 0.3) is 5.56 Å². The molecule has 0 amide bonds. The summed E-state index contributed by atoms with van der Waals surface area (Å²) in [7, 11) is 0. The predicted octanol–water partition coefficient (Wildman–Crippen LogP) is 2.32. The molecule has 0 unspecified atom stereocenters. The number of aromatic nitrogens is 3. The van der Waals surface area contributed by atoms with E-state index in [4.69, 9.17) is 0 Å². The number of fused-ring (bicyclic) bond motifs is 1. The first-order valence-electron chi connectivity index (χ1n) is 6.33. The molecule has 0 saturated heterocycles. The highest BCUT2D eigenvalue weighted by atomic mass is 16.1. The van der Waals surface area contributed by atoms with Crippen LogP contribution < -0.4 is 5.56 Å². The van der Waals surface area contributed by atoms with E-state index in [1.807, 2.05) is 6.07 Å². The Bertz CT molecular complexity index is 584. The normalized spacial score (nSPS) is 25.2. The van der Waals surface area contributed by atoms with E-state index in [0.717, 1.165) is 17.8 Å². The summed E-state index contributed by atoms with van der Waals surface area (Å²) in [5.74, 6) is 1.09. The Kier molecular flexibility index (Phi) is 2.50. The zero-order valence-corrected chi connectivity index (χ0v) is 10.0. The molecule has 4 heteroatoms. The van der Waals surface area contributed by atoms with Crippen LogP contribution in [0.1, 0.15) is 44.2 Å². The minimum Gasteiger partial charge on any atom is -0.297 e. The molecular formula is C13H17N3O. The summed E-state index contributed by atoms with van der Waals surface area (Å²) in [5.41, 5.74) is 1.69. The number of rotatable bonds is 1. The van der Waals surface area contributed by atoms with Gasteiger partial charge in [0.05, 0.1) is 5.69 Å². The lowest BCUT2D eigenvalue weighted by Crippen LogP contribution is -2.21. The highest BCUT2D eigenvalue weighted by molar-refractivity contribution is 5.37. The topological polar surface area (TPSA) is 50.2 Å². The Labute approximate surface area is 99.7 Å². The highest BCUT2D eigenvalue weighted by Gasteiger charge is 2.24. The molecule has 0 bridgehead atoms. The zero-order chi connectivity index (χ0) is 11.8. The second kappa shape index (κ2) is 4.02. The predicted molar refractivity (Wildman–Crippen MR) is 66.2 cm³/mol. The first-order chi connectivity index (χ1) is 8.25. The monoisotopic (exact) mass is 231 g/mol. The van der Waals surface area contributed by atoms with E-state index in [2.05, 4.69) is 17.0 Å². The minimum atomic E-state index is -0.00669. The molecule has 1 aliphatic rings. The average Bonchev–Trinajstić information content (AvgIpc) is 2.78. The lowest BCUT2D eigenvalue weighted by atomic mass is 9.78. The quantitative estimate of drug-likeness (QED) is 0.818. The van der Waals surface area contributed by atoms with Crippen LogP contribution in [0.15, 0.2) is 23.1 Å². The number of hydrogen-bond donors (Lipinski definition) is 1. The van der Waals surface area contributed by atoms with Crippen LogP contribution in [0.5, 0.6) is 0 Å². The van der Waals surface area contributed by atoms with Crippen molar-refractivity contribution in [3.05, 3.63) is 34.4 Å². The van der Waals surface area contributed by atoms with Gasteiger partial charge in [0.15, 0.2) is 5.65 Å². The lowest BCUT2D eigenvalue weighted by Gasteiger charge is -2.28. The Morgan fingerprint density at radius 2 is 2.24 bits per heavy atom. The van der Waals surface area contributed by atoms with Crippen LogP contribution in [0.25, 0.3) is 5.65 Å². The molecule has 1 saturated carbocycles. The second-order valence-corrected chi connectivity index (χ2v) is 5.04. The van der Waals surface area contributed by atoms with Crippen molar-refractivity contribution in [1.82, 2.24) is 14.6 Å². The van der Waals surface area contributed by atoms with Crippen molar-refractivity contribution in [3.8, 4) is 0 Å². The van der Waals surface area contributed by atoms with E-state index >= 15 is 0 Å². The van der Waals surface area contributed by atoms with Gasteiger partial charge in [-0.2, -0.15) is 0 Å². The van der Waals surface area contributed by atoms with Crippen molar-refractivity contribution in [2.24, 2.45) is 5.92 Å². The molecule has 1 fully saturated rings. The fraction of sp³-hybridized carbons (Fsp3) is 0.538. The molecule has 1 aliphatic carbocycles. The van der Waals surface area contributed by atoms with E-state index in [-0.39, 0.29) is 5.56 Å². The molecule has 2 atom stereocenters. The van der Waals surface area contributed by atoms with Crippen LogP contribution in [0.2, 0.25) is 0 Å². The van der Waals surface area contributed by atoms with E-state index in [0.29, 0.717) is 11.8 Å². The lowest BCUT2D eigenvalue weighted by molar-refractivity contribution is 0.325. The second-order valence-electron chi connectivity index (χ2n) is 5.04. The largest absolute Gasteiger partial charge is 0.297 e.